The summed E-state index contributed by atoms with van der Waals surface area (Å²) in [5.41, 5.74) is 1.24. The molecule has 1 aromatic carbocycles. The van der Waals surface area contributed by atoms with Crippen molar-refractivity contribution in [1.29, 1.82) is 0 Å². The maximum atomic E-state index is 6.00. The Balaban J connectivity index is 1.53. The fourth-order valence-corrected chi connectivity index (χ4v) is 2.98. The molecular weight excluding hydrogens is 291 g/mol. The lowest BCUT2D eigenvalue weighted by Gasteiger charge is -2.26. The maximum Gasteiger partial charge on any atom is 0.0595 e. The van der Waals surface area contributed by atoms with E-state index < -0.39 is 0 Å². The molecule has 0 spiro atoms. The zero-order valence-corrected chi connectivity index (χ0v) is 13.5. The molecule has 112 valence electrons. The van der Waals surface area contributed by atoms with E-state index in [1.54, 1.807) is 0 Å². The number of halogens is 2. The molecule has 0 saturated carbocycles. The van der Waals surface area contributed by atoms with Gasteiger partial charge in [-0.1, -0.05) is 35.7 Å². The zero-order chi connectivity index (χ0) is 14.2. The molecule has 1 fully saturated rings. The van der Waals surface area contributed by atoms with Crippen molar-refractivity contribution in [2.75, 3.05) is 32.7 Å². The molecule has 0 atom stereocenters. The Bertz CT molecular complexity index is 403. The lowest BCUT2D eigenvalue weighted by molar-refractivity contribution is 0.226. The van der Waals surface area contributed by atoms with Crippen LogP contribution in [0.4, 0.5) is 0 Å². The van der Waals surface area contributed by atoms with E-state index in [-0.39, 0.29) is 0 Å². The molecule has 0 bridgehead atoms. The Hall–Kier alpha value is -0.280. The summed E-state index contributed by atoms with van der Waals surface area (Å²) in [4.78, 5) is 2.59. The largest absolute Gasteiger partial charge is 0.316 e. The van der Waals surface area contributed by atoms with Gasteiger partial charge in [-0.05, 0) is 76.1 Å². The molecule has 0 amide bonds. The summed E-state index contributed by atoms with van der Waals surface area (Å²) in [5.74, 6) is 0. The molecular formula is C16H24Cl2N2. The standard InChI is InChI=1S/C16H24Cl2N2/c17-15-6-5-14(13-16(15)18)7-9-19-8-4-12-20-10-2-1-3-11-20/h5-6,13,19H,1-4,7-12H2. The first-order valence-electron chi connectivity index (χ1n) is 7.63. The Morgan fingerprint density at radius 2 is 1.80 bits per heavy atom. The first-order valence-corrected chi connectivity index (χ1v) is 8.38. The van der Waals surface area contributed by atoms with Crippen LogP contribution in [0.25, 0.3) is 0 Å². The third kappa shape index (κ3) is 5.61. The lowest BCUT2D eigenvalue weighted by Crippen LogP contribution is -2.32. The second kappa shape index (κ2) is 8.89. The Kier molecular flexibility index (Phi) is 7.15. The average Bonchev–Trinajstić information content (AvgIpc) is 2.47. The molecule has 0 aromatic heterocycles. The summed E-state index contributed by atoms with van der Waals surface area (Å²) in [6.07, 6.45) is 6.41. The quantitative estimate of drug-likeness (QED) is 0.765. The van der Waals surface area contributed by atoms with Gasteiger partial charge in [-0.2, -0.15) is 0 Å². The van der Waals surface area contributed by atoms with Crippen LogP contribution >= 0.6 is 23.2 Å². The van der Waals surface area contributed by atoms with E-state index >= 15 is 0 Å². The predicted molar refractivity (Wildman–Crippen MR) is 87.9 cm³/mol. The third-order valence-corrected chi connectivity index (χ3v) is 4.59. The van der Waals surface area contributed by atoms with E-state index in [1.807, 2.05) is 18.2 Å². The number of nitrogens with one attached hydrogen (secondary N) is 1. The average molecular weight is 315 g/mol. The molecule has 1 aliphatic rings. The normalized spacial score (nSPS) is 16.5. The minimum Gasteiger partial charge on any atom is -0.316 e. The van der Waals surface area contributed by atoms with Crippen LogP contribution in [-0.2, 0) is 6.42 Å². The summed E-state index contributed by atoms with van der Waals surface area (Å²) in [6, 6.07) is 5.87. The molecule has 0 aliphatic carbocycles. The van der Waals surface area contributed by atoms with Gasteiger partial charge in [0.1, 0.15) is 0 Å². The smallest absolute Gasteiger partial charge is 0.0595 e. The summed E-state index contributed by atoms with van der Waals surface area (Å²) in [6.45, 7) is 5.92. The molecule has 1 heterocycles. The van der Waals surface area contributed by atoms with Crippen LogP contribution in [0.3, 0.4) is 0 Å². The molecule has 1 aliphatic heterocycles. The molecule has 0 radical (unpaired) electrons. The highest BCUT2D eigenvalue weighted by molar-refractivity contribution is 6.42. The van der Waals surface area contributed by atoms with Crippen LogP contribution in [0.2, 0.25) is 10.0 Å². The molecule has 1 N–H and O–H groups in total. The number of likely N-dealkylation sites (tertiary alicyclic amines) is 1. The highest BCUT2D eigenvalue weighted by Crippen LogP contribution is 2.22. The number of hydrogen-bond acceptors (Lipinski definition) is 2. The van der Waals surface area contributed by atoms with Crippen LogP contribution in [0.1, 0.15) is 31.2 Å². The minimum absolute atomic E-state index is 0.630. The monoisotopic (exact) mass is 314 g/mol. The van der Waals surface area contributed by atoms with Gasteiger partial charge in [-0.25, -0.2) is 0 Å². The van der Waals surface area contributed by atoms with E-state index in [4.69, 9.17) is 23.2 Å². The summed E-state index contributed by atoms with van der Waals surface area (Å²) < 4.78 is 0. The van der Waals surface area contributed by atoms with Crippen LogP contribution in [0.5, 0.6) is 0 Å². The topological polar surface area (TPSA) is 15.3 Å². The van der Waals surface area contributed by atoms with Gasteiger partial charge in [0, 0.05) is 0 Å². The highest BCUT2D eigenvalue weighted by atomic mass is 35.5. The number of hydrogen-bond donors (Lipinski definition) is 1. The van der Waals surface area contributed by atoms with Crippen molar-refractivity contribution >= 4 is 23.2 Å². The van der Waals surface area contributed by atoms with Crippen LogP contribution < -0.4 is 5.32 Å². The van der Waals surface area contributed by atoms with Crippen molar-refractivity contribution in [1.82, 2.24) is 10.2 Å². The van der Waals surface area contributed by atoms with Crippen LogP contribution in [-0.4, -0.2) is 37.6 Å². The van der Waals surface area contributed by atoms with Gasteiger partial charge in [0.25, 0.3) is 0 Å². The Labute approximate surface area is 132 Å². The molecule has 1 saturated heterocycles. The third-order valence-electron chi connectivity index (χ3n) is 3.85. The number of nitrogens with zero attached hydrogens (tertiary/aromatic N) is 1. The van der Waals surface area contributed by atoms with Gasteiger partial charge in [0.15, 0.2) is 0 Å². The summed E-state index contributed by atoms with van der Waals surface area (Å²) in [7, 11) is 0. The van der Waals surface area contributed by atoms with E-state index in [0.29, 0.717) is 10.0 Å². The van der Waals surface area contributed by atoms with Crippen LogP contribution in [0.15, 0.2) is 18.2 Å². The second-order valence-electron chi connectivity index (χ2n) is 5.50. The minimum atomic E-state index is 0.630. The fraction of sp³-hybridized carbons (Fsp3) is 0.625. The first-order chi connectivity index (χ1) is 9.75. The van der Waals surface area contributed by atoms with E-state index in [2.05, 4.69) is 10.2 Å². The molecule has 2 rings (SSSR count). The van der Waals surface area contributed by atoms with E-state index in [1.165, 1.54) is 50.9 Å². The summed E-state index contributed by atoms with van der Waals surface area (Å²) in [5, 5.41) is 4.78. The number of benzene rings is 1. The molecule has 0 unspecified atom stereocenters. The predicted octanol–water partition coefficient (Wildman–Crippen LogP) is 4.00. The number of piperidine rings is 1. The van der Waals surface area contributed by atoms with Gasteiger partial charge in [-0.3, -0.25) is 0 Å². The second-order valence-corrected chi connectivity index (χ2v) is 6.32. The fourth-order valence-electron chi connectivity index (χ4n) is 2.66. The van der Waals surface area contributed by atoms with Crippen molar-refractivity contribution in [2.45, 2.75) is 32.1 Å². The molecule has 2 nitrogen and oxygen atoms in total. The maximum absolute atomic E-state index is 6.00. The van der Waals surface area contributed by atoms with Gasteiger partial charge < -0.3 is 10.2 Å². The highest BCUT2D eigenvalue weighted by Gasteiger charge is 2.08. The molecule has 20 heavy (non-hydrogen) atoms. The van der Waals surface area contributed by atoms with Crippen molar-refractivity contribution in [3.63, 3.8) is 0 Å². The van der Waals surface area contributed by atoms with Gasteiger partial charge in [0.2, 0.25) is 0 Å². The zero-order valence-electron chi connectivity index (χ0n) is 12.0. The SMILES string of the molecule is Clc1ccc(CCNCCCN2CCCCC2)cc1Cl. The molecule has 1 aromatic rings. The van der Waals surface area contributed by atoms with Gasteiger partial charge >= 0.3 is 0 Å². The van der Waals surface area contributed by atoms with Crippen molar-refractivity contribution in [2.24, 2.45) is 0 Å². The van der Waals surface area contributed by atoms with Crippen molar-refractivity contribution in [3.05, 3.63) is 33.8 Å². The van der Waals surface area contributed by atoms with Crippen LogP contribution in [0, 0.1) is 0 Å². The van der Waals surface area contributed by atoms with Gasteiger partial charge in [-0.15, -0.1) is 0 Å². The summed E-state index contributed by atoms with van der Waals surface area (Å²) >= 11 is 11.9. The van der Waals surface area contributed by atoms with Gasteiger partial charge in [0.05, 0.1) is 10.0 Å². The number of rotatable bonds is 7. The van der Waals surface area contributed by atoms with E-state index in [9.17, 15) is 0 Å². The van der Waals surface area contributed by atoms with Crippen molar-refractivity contribution < 1.29 is 0 Å². The first kappa shape index (κ1) is 16.1. The Morgan fingerprint density at radius 3 is 2.55 bits per heavy atom. The Morgan fingerprint density at radius 1 is 1.00 bits per heavy atom. The van der Waals surface area contributed by atoms with Crippen molar-refractivity contribution in [3.8, 4) is 0 Å². The van der Waals surface area contributed by atoms with E-state index in [0.717, 1.165) is 19.5 Å². The lowest BCUT2D eigenvalue weighted by atomic mass is 10.1. The molecule has 4 heteroatoms.